The number of unbranched alkanes of at least 4 members (excludes halogenated alkanes) is 9. The molecular weight excluding hydrogens is 585 g/mol. The minimum Gasteiger partial charge on any atom is -0.494 e. The van der Waals surface area contributed by atoms with Crippen molar-refractivity contribution >= 4 is 35.2 Å². The highest BCUT2D eigenvalue weighted by Gasteiger charge is 2.21. The molecule has 0 bridgehead atoms. The fraction of sp³-hybridized carbons (Fsp3) is 0.316. The lowest BCUT2D eigenvalue weighted by Crippen LogP contribution is -2.21. The molecule has 4 rings (SSSR count). The molecule has 0 saturated heterocycles. The number of ether oxygens (including phenoxy) is 2. The highest BCUT2D eigenvalue weighted by Crippen LogP contribution is 2.22. The Labute approximate surface area is 269 Å². The molecule has 0 unspecified atom stereocenters. The van der Waals surface area contributed by atoms with Crippen LogP contribution < -0.4 is 14.8 Å². The molecule has 2 amide bonds. The van der Waals surface area contributed by atoms with Crippen LogP contribution in [0.3, 0.4) is 0 Å². The number of esters is 1. The third-order valence-corrected chi connectivity index (χ3v) is 7.63. The Kier molecular flexibility index (Phi) is 13.5. The number of hydrogen-bond donors (Lipinski definition) is 1. The van der Waals surface area contributed by atoms with Gasteiger partial charge in [0.15, 0.2) is 5.78 Å². The van der Waals surface area contributed by atoms with Gasteiger partial charge in [-0.15, -0.1) is 0 Å². The van der Waals surface area contributed by atoms with Crippen molar-refractivity contribution in [3.63, 3.8) is 0 Å². The van der Waals surface area contributed by atoms with E-state index in [2.05, 4.69) is 5.32 Å². The van der Waals surface area contributed by atoms with Gasteiger partial charge in [-0.3, -0.25) is 24.5 Å². The van der Waals surface area contributed by atoms with Gasteiger partial charge in [-0.05, 0) is 78.6 Å². The first-order valence-corrected chi connectivity index (χ1v) is 16.0. The molecule has 46 heavy (non-hydrogen) atoms. The Morgan fingerprint density at radius 1 is 0.696 bits per heavy atom. The lowest BCUT2D eigenvalue weighted by molar-refractivity contribution is -0.134. The third kappa shape index (κ3) is 11.6. The molecule has 0 fully saturated rings. The molecule has 1 heterocycles. The first-order chi connectivity index (χ1) is 22.4. The summed E-state index contributed by atoms with van der Waals surface area (Å²) < 4.78 is 24.2. The van der Waals surface area contributed by atoms with Crippen LogP contribution in [0.1, 0.15) is 92.1 Å². The lowest BCUT2D eigenvalue weighted by Gasteiger charge is -2.07. The number of benzene rings is 3. The number of hydrogen-bond acceptors (Lipinski definition) is 6. The molecule has 8 heteroatoms. The normalized spacial score (nSPS) is 12.7. The van der Waals surface area contributed by atoms with E-state index < -0.39 is 0 Å². The summed E-state index contributed by atoms with van der Waals surface area (Å²) in [6.45, 7) is 0.647. The predicted molar refractivity (Wildman–Crippen MR) is 176 cm³/mol. The molecule has 0 atom stereocenters. The molecule has 1 N–H and O–H groups in total. The number of ketones is 1. The van der Waals surface area contributed by atoms with Crippen LogP contribution in [0.5, 0.6) is 11.5 Å². The zero-order chi connectivity index (χ0) is 32.6. The maximum atomic E-state index is 13.0. The Hall–Kier alpha value is -4.85. The van der Waals surface area contributed by atoms with E-state index in [1.165, 1.54) is 68.5 Å². The molecule has 1 aliphatic rings. The van der Waals surface area contributed by atoms with Gasteiger partial charge in [0.1, 0.15) is 17.3 Å². The number of carbonyl (C=O) groups excluding carboxylic acids is 4. The van der Waals surface area contributed by atoms with Crippen molar-refractivity contribution in [2.45, 2.75) is 70.6 Å². The second kappa shape index (κ2) is 18.2. The molecule has 3 aromatic carbocycles. The van der Waals surface area contributed by atoms with Crippen LogP contribution >= 0.6 is 0 Å². The summed E-state index contributed by atoms with van der Waals surface area (Å²) in [7, 11) is 0. The quantitative estimate of drug-likeness (QED) is 0.0362. The zero-order valence-corrected chi connectivity index (χ0v) is 26.0. The average Bonchev–Trinajstić information content (AvgIpc) is 3.40. The van der Waals surface area contributed by atoms with Crippen molar-refractivity contribution in [3.8, 4) is 11.5 Å². The Bertz CT molecular complexity index is 1520. The number of carbonyl (C=O) groups is 4. The molecule has 0 aromatic heterocycles. The number of amides is 2. The van der Waals surface area contributed by atoms with Gasteiger partial charge >= 0.3 is 5.97 Å². The van der Waals surface area contributed by atoms with E-state index in [1.54, 1.807) is 42.5 Å². The summed E-state index contributed by atoms with van der Waals surface area (Å²) in [5.41, 5.74) is 2.28. The molecule has 3 aromatic rings. The van der Waals surface area contributed by atoms with Crippen LogP contribution in [0, 0.1) is 5.82 Å². The number of imide groups is 1. The Balaban J connectivity index is 0.959. The average molecular weight is 626 g/mol. The van der Waals surface area contributed by atoms with E-state index in [9.17, 15) is 23.6 Å². The first kappa shape index (κ1) is 34.0. The van der Waals surface area contributed by atoms with E-state index in [1.807, 2.05) is 12.1 Å². The highest BCUT2D eigenvalue weighted by molar-refractivity contribution is 6.33. The molecule has 0 radical (unpaired) electrons. The van der Waals surface area contributed by atoms with Crippen LogP contribution in [-0.4, -0.2) is 30.2 Å². The number of allylic oxidation sites excluding steroid dienone is 1. The van der Waals surface area contributed by atoms with E-state index in [4.69, 9.17) is 9.47 Å². The fourth-order valence-electron chi connectivity index (χ4n) is 5.04. The van der Waals surface area contributed by atoms with E-state index in [0.29, 0.717) is 35.5 Å². The summed E-state index contributed by atoms with van der Waals surface area (Å²) in [5, 5.41) is 2.25. The number of nitrogens with one attached hydrogen (secondary N) is 1. The summed E-state index contributed by atoms with van der Waals surface area (Å²) >= 11 is 0. The van der Waals surface area contributed by atoms with Crippen molar-refractivity contribution in [2.75, 3.05) is 6.61 Å². The second-order valence-corrected chi connectivity index (χ2v) is 11.3. The summed E-state index contributed by atoms with van der Waals surface area (Å²) in [6, 6.07) is 19.6. The molecule has 0 aliphatic carbocycles. The Morgan fingerprint density at radius 3 is 1.89 bits per heavy atom. The van der Waals surface area contributed by atoms with Crippen LogP contribution in [0.4, 0.5) is 4.39 Å². The van der Waals surface area contributed by atoms with Gasteiger partial charge < -0.3 is 9.47 Å². The largest absolute Gasteiger partial charge is 0.494 e. The fourth-order valence-corrected chi connectivity index (χ4v) is 5.04. The van der Waals surface area contributed by atoms with Crippen LogP contribution in [0.25, 0.3) is 11.6 Å². The maximum Gasteiger partial charge on any atom is 0.311 e. The van der Waals surface area contributed by atoms with Crippen molar-refractivity contribution in [1.29, 1.82) is 0 Å². The van der Waals surface area contributed by atoms with Crippen molar-refractivity contribution in [1.82, 2.24) is 5.32 Å². The van der Waals surface area contributed by atoms with E-state index >= 15 is 0 Å². The smallest absolute Gasteiger partial charge is 0.311 e. The Morgan fingerprint density at radius 2 is 1.28 bits per heavy atom. The zero-order valence-electron chi connectivity index (χ0n) is 26.0. The van der Waals surface area contributed by atoms with Crippen molar-refractivity contribution in [3.05, 3.63) is 107 Å². The molecule has 240 valence electrons. The van der Waals surface area contributed by atoms with Gasteiger partial charge in [0, 0.05) is 18.1 Å². The van der Waals surface area contributed by atoms with Crippen LogP contribution in [-0.2, 0) is 14.4 Å². The summed E-state index contributed by atoms with van der Waals surface area (Å²) in [4.78, 5) is 47.4. The van der Waals surface area contributed by atoms with Crippen molar-refractivity contribution in [2.24, 2.45) is 0 Å². The first-order valence-electron chi connectivity index (χ1n) is 16.0. The lowest BCUT2D eigenvalue weighted by atomic mass is 10.1. The second-order valence-electron chi connectivity index (χ2n) is 11.3. The molecule has 0 saturated carbocycles. The van der Waals surface area contributed by atoms with E-state index in [0.717, 1.165) is 43.4 Å². The van der Waals surface area contributed by atoms with Gasteiger partial charge in [0.25, 0.3) is 11.8 Å². The SMILES string of the molecule is O=C1C=C(c2ccc(OCCCCCCCCCCCCC(=O)Oc3ccc(C=CC(=O)c4ccc(F)cc4)cc3)cc2)C(=O)N1. The number of halogens is 1. The minimum atomic E-state index is -0.386. The molecule has 1 aliphatic heterocycles. The van der Waals surface area contributed by atoms with Crippen molar-refractivity contribution < 1.29 is 33.0 Å². The van der Waals surface area contributed by atoms with Gasteiger partial charge in [0.2, 0.25) is 0 Å². The van der Waals surface area contributed by atoms with Gasteiger partial charge in [-0.2, -0.15) is 0 Å². The van der Waals surface area contributed by atoms with Crippen LogP contribution in [0.15, 0.2) is 84.9 Å². The van der Waals surface area contributed by atoms with Gasteiger partial charge in [0.05, 0.1) is 12.2 Å². The molecule has 0 spiro atoms. The summed E-state index contributed by atoms with van der Waals surface area (Å²) in [6.07, 6.45) is 15.8. The van der Waals surface area contributed by atoms with Gasteiger partial charge in [-0.1, -0.05) is 81.7 Å². The third-order valence-electron chi connectivity index (χ3n) is 7.63. The molecule has 7 nitrogen and oxygen atoms in total. The summed E-state index contributed by atoms with van der Waals surface area (Å²) in [5.74, 6) is -0.379. The topological polar surface area (TPSA) is 98.8 Å². The van der Waals surface area contributed by atoms with Gasteiger partial charge in [-0.25, -0.2) is 4.39 Å². The molecular formula is C38H40FNO6. The standard InChI is InChI=1S/C38H40FNO6/c39-31-19-15-30(16-20-31)35(41)25-14-28-12-21-33(22-13-28)46-37(43)11-9-7-5-3-1-2-4-6-8-10-26-45-32-23-17-29(18-24-32)34-27-36(42)40-38(34)44/h12-25,27H,1-11,26H2,(H,40,42,44). The monoisotopic (exact) mass is 625 g/mol. The van der Waals surface area contributed by atoms with Crippen LogP contribution in [0.2, 0.25) is 0 Å². The minimum absolute atomic E-state index is 0.216. The maximum absolute atomic E-state index is 13.0. The highest BCUT2D eigenvalue weighted by atomic mass is 19.1. The number of rotatable bonds is 19. The van der Waals surface area contributed by atoms with E-state index in [-0.39, 0.29) is 29.4 Å². The predicted octanol–water partition coefficient (Wildman–Crippen LogP) is 8.04.